The van der Waals surface area contributed by atoms with Gasteiger partial charge in [0, 0.05) is 30.5 Å². The minimum Gasteiger partial charge on any atom is -0.405 e. The first-order valence-electron chi connectivity index (χ1n) is 3.91. The second-order valence-electron chi connectivity index (χ2n) is 2.73. The molecule has 0 aliphatic rings. The van der Waals surface area contributed by atoms with Gasteiger partial charge in [-0.1, -0.05) is 15.9 Å². The molecule has 1 heterocycles. The van der Waals surface area contributed by atoms with Gasteiger partial charge in [-0.05, 0) is 0 Å². The number of carbonyl (C=O) groups is 1. The monoisotopic (exact) mass is 244 g/mol. The molecule has 0 N–H and O–H groups in total. The van der Waals surface area contributed by atoms with Gasteiger partial charge in [0.1, 0.15) is 0 Å². The van der Waals surface area contributed by atoms with E-state index in [-0.39, 0.29) is 6.23 Å². The zero-order valence-corrected chi connectivity index (χ0v) is 9.11. The van der Waals surface area contributed by atoms with E-state index < -0.39 is 0 Å². The molecule has 0 spiro atoms. The Hall–Kier alpha value is -0.900. The number of halogens is 1. The average molecular weight is 245 g/mol. The van der Waals surface area contributed by atoms with Crippen LogP contribution in [0.3, 0.4) is 0 Å². The summed E-state index contributed by atoms with van der Waals surface area (Å²) in [4.78, 5) is 10.1. The van der Waals surface area contributed by atoms with Crippen molar-refractivity contribution in [3.63, 3.8) is 0 Å². The SMILES string of the molecule is Cc1cc(Br)cc[n+]1C(C)OC=O. The van der Waals surface area contributed by atoms with Crippen LogP contribution < -0.4 is 4.57 Å². The van der Waals surface area contributed by atoms with Crippen molar-refractivity contribution in [1.29, 1.82) is 0 Å². The highest BCUT2D eigenvalue weighted by Crippen LogP contribution is 2.09. The highest BCUT2D eigenvalue weighted by molar-refractivity contribution is 9.10. The van der Waals surface area contributed by atoms with Gasteiger partial charge in [0.15, 0.2) is 11.9 Å². The molecule has 1 rings (SSSR count). The predicted octanol–water partition coefficient (Wildman–Crippen LogP) is 1.74. The molecule has 0 saturated heterocycles. The smallest absolute Gasteiger partial charge is 0.301 e. The molecule has 1 unspecified atom stereocenters. The minimum atomic E-state index is -0.259. The van der Waals surface area contributed by atoms with Crippen molar-refractivity contribution in [1.82, 2.24) is 0 Å². The first-order valence-corrected chi connectivity index (χ1v) is 4.71. The summed E-state index contributed by atoms with van der Waals surface area (Å²) in [6, 6.07) is 3.86. The van der Waals surface area contributed by atoms with Crippen LogP contribution in [-0.2, 0) is 9.53 Å². The van der Waals surface area contributed by atoms with Crippen LogP contribution in [0.2, 0.25) is 0 Å². The van der Waals surface area contributed by atoms with Crippen molar-refractivity contribution in [2.75, 3.05) is 0 Å². The summed E-state index contributed by atoms with van der Waals surface area (Å²) in [5.41, 5.74) is 1.03. The summed E-state index contributed by atoms with van der Waals surface area (Å²) in [6.07, 6.45) is 1.61. The molecule has 1 aromatic heterocycles. The molecule has 1 atom stereocenters. The second-order valence-corrected chi connectivity index (χ2v) is 3.64. The molecule has 70 valence electrons. The van der Waals surface area contributed by atoms with Gasteiger partial charge >= 0.3 is 6.23 Å². The molecule has 0 fully saturated rings. The lowest BCUT2D eigenvalue weighted by molar-refractivity contribution is -0.757. The Balaban J connectivity index is 2.94. The average Bonchev–Trinajstić information content (AvgIpc) is 2.04. The third-order valence-electron chi connectivity index (χ3n) is 1.79. The normalized spacial score (nSPS) is 12.2. The molecular weight excluding hydrogens is 234 g/mol. The maximum Gasteiger partial charge on any atom is 0.301 e. The molecule has 0 amide bonds. The fraction of sp³-hybridized carbons (Fsp3) is 0.333. The summed E-state index contributed by atoms with van der Waals surface area (Å²) in [5.74, 6) is 0. The van der Waals surface area contributed by atoms with Gasteiger partial charge in [-0.15, -0.1) is 0 Å². The minimum absolute atomic E-state index is 0.259. The number of ether oxygens (including phenoxy) is 1. The lowest BCUT2D eigenvalue weighted by Crippen LogP contribution is -2.41. The highest BCUT2D eigenvalue weighted by atomic mass is 79.9. The van der Waals surface area contributed by atoms with E-state index in [0.29, 0.717) is 6.47 Å². The van der Waals surface area contributed by atoms with E-state index in [9.17, 15) is 4.79 Å². The standard InChI is InChI=1S/C9H11BrNO2/c1-7-5-9(10)3-4-11(7)8(2)13-6-12/h3-6,8H,1-2H3/q+1. The van der Waals surface area contributed by atoms with E-state index in [1.54, 1.807) is 0 Å². The van der Waals surface area contributed by atoms with Crippen molar-refractivity contribution >= 4 is 22.4 Å². The Kier molecular flexibility index (Phi) is 3.42. The molecule has 1 aromatic rings. The van der Waals surface area contributed by atoms with Gasteiger partial charge in [0.2, 0.25) is 0 Å². The molecule has 0 saturated carbocycles. The number of nitrogens with zero attached hydrogens (tertiary/aromatic N) is 1. The second kappa shape index (κ2) is 4.37. The highest BCUT2D eigenvalue weighted by Gasteiger charge is 2.15. The maximum absolute atomic E-state index is 10.1. The van der Waals surface area contributed by atoms with Crippen LogP contribution >= 0.6 is 15.9 Å². The molecule has 0 aliphatic carbocycles. The van der Waals surface area contributed by atoms with Crippen LogP contribution in [0.5, 0.6) is 0 Å². The number of rotatable bonds is 3. The third-order valence-corrected chi connectivity index (χ3v) is 2.29. The van der Waals surface area contributed by atoms with Crippen molar-refractivity contribution in [3.05, 3.63) is 28.5 Å². The van der Waals surface area contributed by atoms with Gasteiger partial charge in [-0.2, -0.15) is 4.57 Å². The summed E-state index contributed by atoms with van der Waals surface area (Å²) in [6.45, 7) is 4.23. The molecule has 0 aliphatic heterocycles. The predicted molar refractivity (Wildman–Crippen MR) is 50.9 cm³/mol. The lowest BCUT2D eigenvalue weighted by Gasteiger charge is -2.06. The van der Waals surface area contributed by atoms with E-state index >= 15 is 0 Å². The maximum atomic E-state index is 10.1. The van der Waals surface area contributed by atoms with E-state index in [1.807, 2.05) is 36.7 Å². The summed E-state index contributed by atoms with van der Waals surface area (Å²) >= 11 is 3.36. The van der Waals surface area contributed by atoms with Gasteiger partial charge in [-0.25, -0.2) is 0 Å². The summed E-state index contributed by atoms with van der Waals surface area (Å²) < 4.78 is 7.70. The summed E-state index contributed by atoms with van der Waals surface area (Å²) in [7, 11) is 0. The Morgan fingerprint density at radius 2 is 2.38 bits per heavy atom. The molecule has 0 bridgehead atoms. The first-order chi connectivity index (χ1) is 6.15. The van der Waals surface area contributed by atoms with Crippen LogP contribution in [0.4, 0.5) is 0 Å². The topological polar surface area (TPSA) is 30.2 Å². The third kappa shape index (κ3) is 2.52. The fourth-order valence-electron chi connectivity index (χ4n) is 1.15. The number of aryl methyl sites for hydroxylation is 1. The lowest BCUT2D eigenvalue weighted by atomic mass is 10.3. The molecule has 4 heteroatoms. The zero-order chi connectivity index (χ0) is 9.84. The number of carbonyl (C=O) groups excluding carboxylic acids is 1. The number of aromatic nitrogens is 1. The number of pyridine rings is 1. The van der Waals surface area contributed by atoms with E-state index in [1.165, 1.54) is 0 Å². The van der Waals surface area contributed by atoms with E-state index in [2.05, 4.69) is 15.9 Å². The van der Waals surface area contributed by atoms with Crippen molar-refractivity contribution in [2.45, 2.75) is 20.1 Å². The molecule has 0 aromatic carbocycles. The van der Waals surface area contributed by atoms with Gasteiger partial charge in [0.05, 0.1) is 0 Å². The first kappa shape index (κ1) is 10.2. The largest absolute Gasteiger partial charge is 0.405 e. The number of hydrogen-bond donors (Lipinski definition) is 0. The Labute approximate surface area is 85.5 Å². The Morgan fingerprint density at radius 3 is 2.92 bits per heavy atom. The van der Waals surface area contributed by atoms with Crippen LogP contribution in [0.1, 0.15) is 18.8 Å². The van der Waals surface area contributed by atoms with Crippen molar-refractivity contribution in [2.24, 2.45) is 0 Å². The molecule has 3 nitrogen and oxygen atoms in total. The Bertz CT molecular complexity index is 314. The van der Waals surface area contributed by atoms with Crippen molar-refractivity contribution in [3.8, 4) is 0 Å². The number of hydrogen-bond acceptors (Lipinski definition) is 2. The molecule has 0 radical (unpaired) electrons. The van der Waals surface area contributed by atoms with E-state index in [4.69, 9.17) is 4.74 Å². The fourth-order valence-corrected chi connectivity index (χ4v) is 1.59. The zero-order valence-electron chi connectivity index (χ0n) is 7.53. The van der Waals surface area contributed by atoms with Crippen molar-refractivity contribution < 1.29 is 14.1 Å². The van der Waals surface area contributed by atoms with E-state index in [0.717, 1.165) is 10.2 Å². The summed E-state index contributed by atoms with van der Waals surface area (Å²) in [5, 5.41) is 0. The molecule has 13 heavy (non-hydrogen) atoms. The molecular formula is C9H11BrNO2+. The van der Waals surface area contributed by atoms with Crippen LogP contribution in [0.15, 0.2) is 22.8 Å². The van der Waals surface area contributed by atoms with Crippen LogP contribution in [0.25, 0.3) is 0 Å². The van der Waals surface area contributed by atoms with Crippen LogP contribution in [0, 0.1) is 6.92 Å². The van der Waals surface area contributed by atoms with Gasteiger partial charge in [0.25, 0.3) is 6.47 Å². The quantitative estimate of drug-likeness (QED) is 0.599. The van der Waals surface area contributed by atoms with Gasteiger partial charge in [-0.3, -0.25) is 4.79 Å². The van der Waals surface area contributed by atoms with Gasteiger partial charge < -0.3 is 4.74 Å². The Morgan fingerprint density at radius 1 is 1.69 bits per heavy atom. The van der Waals surface area contributed by atoms with Crippen LogP contribution in [-0.4, -0.2) is 6.47 Å².